The van der Waals surface area contributed by atoms with Gasteiger partial charge >= 0.3 is 11.2 Å². The van der Waals surface area contributed by atoms with E-state index in [2.05, 4.69) is 33.7 Å². The van der Waals surface area contributed by atoms with Crippen LogP contribution < -0.4 is 0 Å². The Hall–Kier alpha value is -0.210. The lowest BCUT2D eigenvalue weighted by Gasteiger charge is -1.88. The van der Waals surface area contributed by atoms with Crippen molar-refractivity contribution in [3.05, 3.63) is 35.9 Å². The largest absolute Gasteiger partial charge is 0.478 e. The summed E-state index contributed by atoms with van der Waals surface area (Å²) in [6.07, 6.45) is 0. The number of aromatic carboxylic acids is 1. The van der Waals surface area contributed by atoms with E-state index in [4.69, 9.17) is 5.11 Å². The molecule has 0 aliphatic carbocycles. The number of hydrogen-bond donors (Lipinski definition) is 1. The van der Waals surface area contributed by atoms with E-state index in [9.17, 15) is 9.36 Å². The van der Waals surface area contributed by atoms with Crippen molar-refractivity contribution in [1.29, 1.82) is 0 Å². The molecule has 0 aliphatic rings. The average Bonchev–Trinajstić information content (AvgIpc) is 2.03. The molecule has 1 N–H and O–H groups in total. The molecule has 1 aromatic rings. The molecule has 78 valence electrons. The molecule has 14 heavy (non-hydrogen) atoms. The molecule has 0 spiro atoms. The van der Waals surface area contributed by atoms with Crippen molar-refractivity contribution in [2.45, 2.75) is 0 Å². The molecule has 0 aliphatic heterocycles. The molecule has 3 nitrogen and oxygen atoms in total. The van der Waals surface area contributed by atoms with E-state index in [1.807, 2.05) is 0 Å². The van der Waals surface area contributed by atoms with E-state index in [-0.39, 0.29) is 0 Å². The highest BCUT2D eigenvalue weighted by atomic mass is 36.0. The summed E-state index contributed by atoms with van der Waals surface area (Å²) in [5.41, 5.74) is 0.331. The second-order valence-electron chi connectivity index (χ2n) is 2.07. The van der Waals surface area contributed by atoms with Gasteiger partial charge in [-0.15, -0.1) is 0 Å². The number of benzene rings is 1. The lowest BCUT2D eigenvalue weighted by atomic mass is 10.2. The molecule has 0 atom stereocenters. The molecular formula is C7H6Cl3O3P. The summed E-state index contributed by atoms with van der Waals surface area (Å²) in [7, 11) is 0. The molecule has 0 unspecified atom stereocenters. The van der Waals surface area contributed by atoms with Crippen molar-refractivity contribution in [1.82, 2.24) is 0 Å². The summed E-state index contributed by atoms with van der Waals surface area (Å²) < 4.78 is 9.51. The summed E-state index contributed by atoms with van der Waals surface area (Å²) in [6.45, 7) is 0. The molecule has 7 heteroatoms. The number of carboxylic acids is 1. The molecular weight excluding hydrogens is 269 g/mol. The summed E-state index contributed by atoms with van der Waals surface area (Å²) in [5.74, 6) is -0.879. The lowest BCUT2D eigenvalue weighted by molar-refractivity contribution is 0.0697. The van der Waals surface area contributed by atoms with Crippen molar-refractivity contribution in [2.24, 2.45) is 0 Å². The molecule has 1 rings (SSSR count). The van der Waals surface area contributed by atoms with Crippen molar-refractivity contribution < 1.29 is 14.5 Å². The third-order valence-corrected chi connectivity index (χ3v) is 1.02. The predicted molar refractivity (Wildman–Crippen MR) is 58.6 cm³/mol. The highest BCUT2D eigenvalue weighted by Gasteiger charge is 2.03. The van der Waals surface area contributed by atoms with Gasteiger partial charge in [0.2, 0.25) is 0 Å². The van der Waals surface area contributed by atoms with Crippen LogP contribution in [0, 0.1) is 0 Å². The van der Waals surface area contributed by atoms with E-state index in [0.717, 1.165) is 0 Å². The Morgan fingerprint density at radius 1 is 1.14 bits per heavy atom. The van der Waals surface area contributed by atoms with Gasteiger partial charge in [-0.3, -0.25) is 4.57 Å². The summed E-state index contributed by atoms with van der Waals surface area (Å²) in [6, 6.07) is 8.30. The number of rotatable bonds is 1. The predicted octanol–water partition coefficient (Wildman–Crippen LogP) is 4.20. The highest BCUT2D eigenvalue weighted by Crippen LogP contribution is 2.61. The number of hydrogen-bond acceptors (Lipinski definition) is 2. The zero-order valence-corrected chi connectivity index (χ0v) is 9.89. The standard InChI is InChI=1S/C7H6O2.Cl3OP/c8-7(9)6-4-2-1-3-5-6;1-5(2,3)4/h1-5H,(H,8,9);. The van der Waals surface area contributed by atoms with Gasteiger partial charge in [0.05, 0.1) is 5.56 Å². The van der Waals surface area contributed by atoms with E-state index >= 15 is 0 Å². The highest BCUT2D eigenvalue weighted by molar-refractivity contribution is 8.24. The first kappa shape index (κ1) is 13.8. The summed E-state index contributed by atoms with van der Waals surface area (Å²) in [4.78, 5) is 10.2. The van der Waals surface area contributed by atoms with E-state index < -0.39 is 11.2 Å². The molecule has 0 saturated heterocycles. The molecule has 0 radical (unpaired) electrons. The smallest absolute Gasteiger partial charge is 0.339 e. The average molecular weight is 275 g/mol. The molecule has 1 aromatic carbocycles. The topological polar surface area (TPSA) is 54.4 Å². The summed E-state index contributed by atoms with van der Waals surface area (Å²) in [5, 5.41) is 5.16. The summed E-state index contributed by atoms with van der Waals surface area (Å²) >= 11 is 13.8. The first-order valence-electron chi connectivity index (χ1n) is 3.28. The van der Waals surface area contributed by atoms with E-state index in [1.165, 1.54) is 0 Å². The first-order chi connectivity index (χ1) is 6.30. The van der Waals surface area contributed by atoms with Crippen LogP contribution in [-0.4, -0.2) is 11.1 Å². The minimum Gasteiger partial charge on any atom is -0.478 e. The zero-order valence-electron chi connectivity index (χ0n) is 6.73. The van der Waals surface area contributed by atoms with Crippen LogP contribution in [0.15, 0.2) is 30.3 Å². The van der Waals surface area contributed by atoms with Gasteiger partial charge in [-0.25, -0.2) is 4.79 Å². The van der Waals surface area contributed by atoms with Gasteiger partial charge in [0.1, 0.15) is 0 Å². The third-order valence-electron chi connectivity index (χ3n) is 1.02. The Bertz CT molecular complexity index is 327. The first-order valence-corrected chi connectivity index (χ1v) is 7.70. The number of halogens is 3. The van der Waals surface area contributed by atoms with Gasteiger partial charge in [0.15, 0.2) is 0 Å². The monoisotopic (exact) mass is 274 g/mol. The zero-order chi connectivity index (χ0) is 11.2. The van der Waals surface area contributed by atoms with Crippen LogP contribution in [0.3, 0.4) is 0 Å². The second-order valence-corrected chi connectivity index (χ2v) is 8.71. The van der Waals surface area contributed by atoms with Gasteiger partial charge in [-0.05, 0) is 45.9 Å². The Balaban J connectivity index is 0.000000292. The van der Waals surface area contributed by atoms with Crippen molar-refractivity contribution in [3.8, 4) is 0 Å². The maximum atomic E-state index is 10.2. The SMILES string of the molecule is O=C(O)c1ccccc1.O=P(Cl)(Cl)Cl. The molecule has 0 heterocycles. The van der Waals surface area contributed by atoms with Crippen molar-refractivity contribution in [3.63, 3.8) is 0 Å². The third kappa shape index (κ3) is 9.87. The molecule has 0 aromatic heterocycles. The van der Waals surface area contributed by atoms with Crippen LogP contribution in [0.5, 0.6) is 0 Å². The lowest BCUT2D eigenvalue weighted by Crippen LogP contribution is -1.93. The van der Waals surface area contributed by atoms with E-state index in [0.29, 0.717) is 5.56 Å². The van der Waals surface area contributed by atoms with Gasteiger partial charge < -0.3 is 5.11 Å². The minimum absolute atomic E-state index is 0.331. The molecule has 0 amide bonds. The van der Waals surface area contributed by atoms with Crippen LogP contribution in [0.1, 0.15) is 10.4 Å². The fourth-order valence-corrected chi connectivity index (χ4v) is 0.581. The maximum Gasteiger partial charge on any atom is 0.339 e. The van der Waals surface area contributed by atoms with Crippen molar-refractivity contribution in [2.75, 3.05) is 0 Å². The Morgan fingerprint density at radius 2 is 1.50 bits per heavy atom. The maximum absolute atomic E-state index is 10.2. The van der Waals surface area contributed by atoms with E-state index in [1.54, 1.807) is 30.3 Å². The normalized spacial score (nSPS) is 9.93. The van der Waals surface area contributed by atoms with Crippen LogP contribution >= 0.6 is 38.9 Å². The fourth-order valence-electron chi connectivity index (χ4n) is 0.581. The molecule has 0 fully saturated rings. The van der Waals surface area contributed by atoms with Gasteiger partial charge in [-0.2, -0.15) is 0 Å². The van der Waals surface area contributed by atoms with Gasteiger partial charge in [0.25, 0.3) is 0 Å². The Kier molecular flexibility index (Phi) is 6.21. The van der Waals surface area contributed by atoms with Gasteiger partial charge in [-0.1, -0.05) is 18.2 Å². The minimum atomic E-state index is -3.22. The van der Waals surface area contributed by atoms with Crippen LogP contribution in [0.2, 0.25) is 0 Å². The second kappa shape index (κ2) is 6.31. The fraction of sp³-hybridized carbons (Fsp3) is 0. The van der Waals surface area contributed by atoms with Crippen molar-refractivity contribution >= 4 is 44.9 Å². The Morgan fingerprint density at radius 3 is 1.71 bits per heavy atom. The quantitative estimate of drug-likeness (QED) is 0.782. The number of carboxylic acid groups (broad SMARTS) is 1. The molecule has 0 saturated carbocycles. The van der Waals surface area contributed by atoms with Crippen LogP contribution in [0.4, 0.5) is 0 Å². The van der Waals surface area contributed by atoms with Crippen LogP contribution in [0.25, 0.3) is 0 Å². The molecule has 0 bridgehead atoms. The Labute approximate surface area is 95.3 Å². The van der Waals surface area contributed by atoms with Crippen LogP contribution in [-0.2, 0) is 4.57 Å². The number of carbonyl (C=O) groups is 1. The van der Waals surface area contributed by atoms with Gasteiger partial charge in [0, 0.05) is 0 Å².